The highest BCUT2D eigenvalue weighted by Crippen LogP contribution is 2.30. The van der Waals surface area contributed by atoms with Crippen LogP contribution in [0.5, 0.6) is 0 Å². The Kier molecular flexibility index (Phi) is 3.75. The van der Waals surface area contributed by atoms with E-state index in [0.29, 0.717) is 18.5 Å². The number of benzene rings is 1. The van der Waals surface area contributed by atoms with Gasteiger partial charge in [0, 0.05) is 18.3 Å². The highest BCUT2D eigenvalue weighted by molar-refractivity contribution is 5.88. The van der Waals surface area contributed by atoms with Gasteiger partial charge in [0.1, 0.15) is 11.4 Å². The lowest BCUT2D eigenvalue weighted by Gasteiger charge is -2.43. The van der Waals surface area contributed by atoms with Gasteiger partial charge in [-0.2, -0.15) is 0 Å². The van der Waals surface area contributed by atoms with Crippen molar-refractivity contribution in [3.05, 3.63) is 30.1 Å². The molecule has 0 aliphatic carbocycles. The predicted molar refractivity (Wildman–Crippen MR) is 73.3 cm³/mol. The summed E-state index contributed by atoms with van der Waals surface area (Å²) in [5.74, 6) is -0.706. The molecule has 4 nitrogen and oxygen atoms in total. The minimum absolute atomic E-state index is 0.252. The van der Waals surface area contributed by atoms with Crippen molar-refractivity contribution in [1.29, 1.82) is 0 Å². The number of amides is 1. The second kappa shape index (κ2) is 5.17. The van der Waals surface area contributed by atoms with E-state index in [9.17, 15) is 9.18 Å². The summed E-state index contributed by atoms with van der Waals surface area (Å²) in [7, 11) is 2.03. The summed E-state index contributed by atoms with van der Waals surface area (Å²) < 4.78 is 13.2. The molecule has 104 valence electrons. The Bertz CT molecular complexity index is 480. The fourth-order valence-corrected chi connectivity index (χ4v) is 2.59. The third kappa shape index (κ3) is 2.87. The first-order chi connectivity index (χ1) is 8.93. The highest BCUT2D eigenvalue weighted by atomic mass is 19.1. The van der Waals surface area contributed by atoms with Crippen molar-refractivity contribution in [3.8, 4) is 0 Å². The lowest BCUT2D eigenvalue weighted by atomic mass is 9.83. The van der Waals surface area contributed by atoms with Gasteiger partial charge in [-0.3, -0.25) is 4.79 Å². The van der Waals surface area contributed by atoms with Crippen LogP contribution in [-0.2, 0) is 4.79 Å². The van der Waals surface area contributed by atoms with Crippen LogP contribution in [0.15, 0.2) is 24.3 Å². The van der Waals surface area contributed by atoms with Gasteiger partial charge in [0.25, 0.3) is 0 Å². The largest absolute Gasteiger partial charge is 0.371 e. The third-order valence-corrected chi connectivity index (χ3v) is 3.97. The zero-order chi connectivity index (χ0) is 14.0. The molecule has 1 aliphatic heterocycles. The van der Waals surface area contributed by atoms with E-state index >= 15 is 0 Å². The maximum atomic E-state index is 13.2. The van der Waals surface area contributed by atoms with Crippen LogP contribution >= 0.6 is 0 Å². The molecule has 3 N–H and O–H groups in total. The number of anilines is 1. The maximum Gasteiger partial charge on any atom is 0.243 e. The summed E-state index contributed by atoms with van der Waals surface area (Å²) in [5, 5.41) is 3.14. The third-order valence-electron chi connectivity index (χ3n) is 3.97. The van der Waals surface area contributed by atoms with Crippen molar-refractivity contribution in [3.63, 3.8) is 0 Å². The molecule has 0 spiro atoms. The van der Waals surface area contributed by atoms with Gasteiger partial charge < -0.3 is 16.0 Å². The molecule has 2 unspecified atom stereocenters. The summed E-state index contributed by atoms with van der Waals surface area (Å²) in [6.07, 6.45) is 1.25. The number of halogens is 1. The van der Waals surface area contributed by atoms with Crippen molar-refractivity contribution >= 4 is 11.6 Å². The van der Waals surface area contributed by atoms with Crippen LogP contribution in [-0.4, -0.2) is 36.0 Å². The van der Waals surface area contributed by atoms with E-state index in [1.165, 1.54) is 12.1 Å². The molecule has 1 heterocycles. The minimum Gasteiger partial charge on any atom is -0.371 e. The van der Waals surface area contributed by atoms with Crippen LogP contribution in [0.3, 0.4) is 0 Å². The highest BCUT2D eigenvalue weighted by Gasteiger charge is 2.42. The lowest BCUT2D eigenvalue weighted by molar-refractivity contribution is -0.124. The van der Waals surface area contributed by atoms with Crippen LogP contribution in [0.2, 0.25) is 0 Å². The number of rotatable bonds is 3. The molecule has 1 aromatic rings. The van der Waals surface area contributed by atoms with Crippen LogP contribution in [0, 0.1) is 5.82 Å². The molecule has 2 rings (SSSR count). The molecule has 5 heteroatoms. The number of likely N-dealkylation sites (tertiary alicyclic amines) is 1. The molecule has 0 saturated carbocycles. The molecular formula is C14H20FN3O. The monoisotopic (exact) mass is 265 g/mol. The standard InChI is InChI=1S/C14H20FN3O/c1-10-9-14(13(16)19,6-7-18(10)2)17-12-5-3-4-11(15)8-12/h3-5,8,10,17H,6-7,9H2,1-2H3,(H2,16,19). The zero-order valence-corrected chi connectivity index (χ0v) is 11.3. The molecule has 1 saturated heterocycles. The first kappa shape index (κ1) is 13.8. The van der Waals surface area contributed by atoms with Crippen molar-refractivity contribution < 1.29 is 9.18 Å². The van der Waals surface area contributed by atoms with Crippen molar-refractivity contribution in [2.75, 3.05) is 18.9 Å². The molecule has 2 atom stereocenters. The molecular weight excluding hydrogens is 245 g/mol. The second-order valence-corrected chi connectivity index (χ2v) is 5.37. The normalized spacial score (nSPS) is 28.1. The van der Waals surface area contributed by atoms with E-state index in [1.54, 1.807) is 12.1 Å². The van der Waals surface area contributed by atoms with E-state index in [4.69, 9.17) is 5.73 Å². The van der Waals surface area contributed by atoms with E-state index in [1.807, 2.05) is 7.05 Å². The molecule has 1 aliphatic rings. The Morgan fingerprint density at radius 2 is 2.32 bits per heavy atom. The first-order valence-electron chi connectivity index (χ1n) is 6.47. The Labute approximate surface area is 112 Å². The summed E-state index contributed by atoms with van der Waals surface area (Å²) in [4.78, 5) is 14.1. The summed E-state index contributed by atoms with van der Waals surface area (Å²) in [6, 6.07) is 6.37. The van der Waals surface area contributed by atoms with Gasteiger partial charge in [-0.1, -0.05) is 6.07 Å². The molecule has 1 amide bonds. The van der Waals surface area contributed by atoms with Gasteiger partial charge in [-0.05, 0) is 45.0 Å². The lowest BCUT2D eigenvalue weighted by Crippen LogP contribution is -2.59. The second-order valence-electron chi connectivity index (χ2n) is 5.37. The van der Waals surface area contributed by atoms with Crippen molar-refractivity contribution in [1.82, 2.24) is 4.90 Å². The number of nitrogens with two attached hydrogens (primary N) is 1. The fourth-order valence-electron chi connectivity index (χ4n) is 2.59. The van der Waals surface area contributed by atoms with Crippen molar-refractivity contribution in [2.24, 2.45) is 5.73 Å². The van der Waals surface area contributed by atoms with Gasteiger partial charge in [-0.15, -0.1) is 0 Å². The zero-order valence-electron chi connectivity index (χ0n) is 11.3. The summed E-state index contributed by atoms with van der Waals surface area (Å²) in [6.45, 7) is 2.84. The number of primary amides is 1. The number of hydrogen-bond donors (Lipinski definition) is 2. The molecule has 0 aromatic heterocycles. The number of nitrogens with zero attached hydrogens (tertiary/aromatic N) is 1. The van der Waals surface area contributed by atoms with Crippen LogP contribution in [0.1, 0.15) is 19.8 Å². The molecule has 19 heavy (non-hydrogen) atoms. The van der Waals surface area contributed by atoms with Crippen LogP contribution in [0.25, 0.3) is 0 Å². The van der Waals surface area contributed by atoms with Gasteiger partial charge in [0.2, 0.25) is 5.91 Å². The maximum absolute atomic E-state index is 13.2. The quantitative estimate of drug-likeness (QED) is 0.872. The number of carbonyl (C=O) groups is 1. The van der Waals surface area contributed by atoms with Crippen molar-refractivity contribution in [2.45, 2.75) is 31.3 Å². The van der Waals surface area contributed by atoms with Gasteiger partial charge in [0.15, 0.2) is 0 Å². The Hall–Kier alpha value is -1.62. The number of nitrogens with one attached hydrogen (secondary N) is 1. The summed E-state index contributed by atoms with van der Waals surface area (Å²) in [5.41, 5.74) is 5.38. The average molecular weight is 265 g/mol. The smallest absolute Gasteiger partial charge is 0.243 e. The van der Waals surface area contributed by atoms with Gasteiger partial charge in [-0.25, -0.2) is 4.39 Å². The van der Waals surface area contributed by atoms with E-state index in [2.05, 4.69) is 17.1 Å². The van der Waals surface area contributed by atoms with Crippen LogP contribution < -0.4 is 11.1 Å². The van der Waals surface area contributed by atoms with Crippen LogP contribution in [0.4, 0.5) is 10.1 Å². The molecule has 0 radical (unpaired) electrons. The Morgan fingerprint density at radius 1 is 1.58 bits per heavy atom. The Morgan fingerprint density at radius 3 is 2.89 bits per heavy atom. The van der Waals surface area contributed by atoms with Gasteiger partial charge in [0.05, 0.1) is 0 Å². The molecule has 0 bridgehead atoms. The SMILES string of the molecule is CC1CC(Nc2cccc(F)c2)(C(N)=O)CCN1C. The first-order valence-corrected chi connectivity index (χ1v) is 6.47. The predicted octanol–water partition coefficient (Wildman–Crippen LogP) is 1.58. The van der Waals surface area contributed by atoms with E-state index in [0.717, 1.165) is 6.54 Å². The molecule has 1 fully saturated rings. The van der Waals surface area contributed by atoms with E-state index in [-0.39, 0.29) is 17.8 Å². The Balaban J connectivity index is 2.23. The number of piperidine rings is 1. The molecule has 1 aromatic carbocycles. The fraction of sp³-hybridized carbons (Fsp3) is 0.500. The number of hydrogen-bond acceptors (Lipinski definition) is 3. The van der Waals surface area contributed by atoms with Gasteiger partial charge >= 0.3 is 0 Å². The summed E-state index contributed by atoms with van der Waals surface area (Å²) >= 11 is 0. The van der Waals surface area contributed by atoms with E-state index < -0.39 is 5.54 Å². The minimum atomic E-state index is -0.792. The average Bonchev–Trinajstić information content (AvgIpc) is 2.34. The topological polar surface area (TPSA) is 58.4 Å². The number of carbonyl (C=O) groups excluding carboxylic acids is 1.